The lowest BCUT2D eigenvalue weighted by Gasteiger charge is -2.07. The summed E-state index contributed by atoms with van der Waals surface area (Å²) in [5.74, 6) is 1.18. The maximum atomic E-state index is 12.0. The van der Waals surface area contributed by atoms with E-state index in [1.54, 1.807) is 38.1 Å². The van der Waals surface area contributed by atoms with Gasteiger partial charge in [0.25, 0.3) is 5.91 Å². The quantitative estimate of drug-likeness (QED) is 0.657. The Morgan fingerprint density at radius 1 is 1.45 bits per heavy atom. The van der Waals surface area contributed by atoms with Gasteiger partial charge in [0.15, 0.2) is 11.5 Å². The van der Waals surface area contributed by atoms with Crippen molar-refractivity contribution in [3.8, 4) is 11.5 Å². The third kappa shape index (κ3) is 3.46. The Kier molecular flexibility index (Phi) is 4.83. The van der Waals surface area contributed by atoms with Crippen molar-refractivity contribution in [2.24, 2.45) is 5.10 Å². The van der Waals surface area contributed by atoms with Crippen LogP contribution in [0, 0.1) is 13.8 Å². The van der Waals surface area contributed by atoms with Crippen LogP contribution in [0.1, 0.15) is 34.4 Å². The van der Waals surface area contributed by atoms with Gasteiger partial charge in [-0.3, -0.25) is 4.79 Å². The van der Waals surface area contributed by atoms with Crippen LogP contribution >= 0.6 is 0 Å². The number of phenolic OH excluding ortho intramolecular Hbond substituents is 1. The lowest BCUT2D eigenvalue weighted by molar-refractivity contribution is 0.0953. The average molecular weight is 302 g/mol. The molecular weight excluding hydrogens is 284 g/mol. The molecule has 0 aliphatic heterocycles. The zero-order chi connectivity index (χ0) is 16.1. The average Bonchev–Trinajstić information content (AvgIpc) is 2.82. The van der Waals surface area contributed by atoms with Crippen LogP contribution in [-0.2, 0) is 0 Å². The van der Waals surface area contributed by atoms with Gasteiger partial charge in [0, 0.05) is 5.56 Å². The third-order valence-electron chi connectivity index (χ3n) is 2.99. The summed E-state index contributed by atoms with van der Waals surface area (Å²) in [5, 5.41) is 13.9. The van der Waals surface area contributed by atoms with Gasteiger partial charge in [-0.25, -0.2) is 5.43 Å². The van der Waals surface area contributed by atoms with Crippen LogP contribution in [0.3, 0.4) is 0 Å². The van der Waals surface area contributed by atoms with Crippen molar-refractivity contribution >= 4 is 12.1 Å². The monoisotopic (exact) mass is 302 g/mol. The standard InChI is InChI=1S/C16H18N2O4/c1-4-21-14-7-5-6-12(15(14)19)9-17-18-16(20)13-8-10(2)22-11(13)3/h5-9,19H,4H2,1-3H3,(H,18,20)/b17-9+. The van der Waals surface area contributed by atoms with Crippen LogP contribution in [0.4, 0.5) is 0 Å². The second kappa shape index (κ2) is 6.80. The summed E-state index contributed by atoms with van der Waals surface area (Å²) in [6.45, 7) is 5.76. The van der Waals surface area contributed by atoms with Gasteiger partial charge in [0.1, 0.15) is 11.5 Å². The molecule has 2 N–H and O–H groups in total. The number of aromatic hydroxyl groups is 1. The molecule has 1 aromatic heterocycles. The van der Waals surface area contributed by atoms with Gasteiger partial charge < -0.3 is 14.3 Å². The molecule has 2 aromatic rings. The number of nitrogens with zero attached hydrogens (tertiary/aromatic N) is 1. The summed E-state index contributed by atoms with van der Waals surface area (Å²) >= 11 is 0. The number of hydrazone groups is 1. The minimum atomic E-state index is -0.369. The fourth-order valence-electron chi connectivity index (χ4n) is 1.99. The molecule has 1 aromatic carbocycles. The van der Waals surface area contributed by atoms with E-state index in [9.17, 15) is 9.90 Å². The molecule has 0 unspecified atom stereocenters. The summed E-state index contributed by atoms with van der Waals surface area (Å²) < 4.78 is 10.6. The number of carbonyl (C=O) groups excluding carboxylic acids is 1. The number of benzene rings is 1. The fourth-order valence-corrected chi connectivity index (χ4v) is 1.99. The minimum absolute atomic E-state index is 0.0160. The summed E-state index contributed by atoms with van der Waals surface area (Å²) in [5.41, 5.74) is 3.28. The second-order valence-corrected chi connectivity index (χ2v) is 4.65. The number of para-hydroxylation sites is 1. The highest BCUT2D eigenvalue weighted by atomic mass is 16.5. The van der Waals surface area contributed by atoms with E-state index < -0.39 is 0 Å². The molecule has 6 heteroatoms. The normalized spacial score (nSPS) is 10.9. The Morgan fingerprint density at radius 2 is 2.23 bits per heavy atom. The van der Waals surface area contributed by atoms with Crippen molar-refractivity contribution in [2.75, 3.05) is 6.61 Å². The van der Waals surface area contributed by atoms with Crippen molar-refractivity contribution in [1.29, 1.82) is 0 Å². The van der Waals surface area contributed by atoms with E-state index in [0.29, 0.717) is 35.0 Å². The van der Waals surface area contributed by atoms with Crippen LogP contribution in [0.25, 0.3) is 0 Å². The van der Waals surface area contributed by atoms with Crippen LogP contribution < -0.4 is 10.2 Å². The van der Waals surface area contributed by atoms with Crippen LogP contribution in [0.15, 0.2) is 33.8 Å². The molecule has 6 nitrogen and oxygen atoms in total. The Hall–Kier alpha value is -2.76. The first-order valence-corrected chi connectivity index (χ1v) is 6.88. The molecule has 1 amide bonds. The highest BCUT2D eigenvalue weighted by molar-refractivity contribution is 5.96. The predicted molar refractivity (Wildman–Crippen MR) is 82.5 cm³/mol. The molecule has 0 radical (unpaired) electrons. The molecule has 22 heavy (non-hydrogen) atoms. The van der Waals surface area contributed by atoms with Gasteiger partial charge >= 0.3 is 0 Å². The zero-order valence-electron chi connectivity index (χ0n) is 12.7. The molecule has 0 saturated heterocycles. The first kappa shape index (κ1) is 15.6. The van der Waals surface area contributed by atoms with Crippen LogP contribution in [-0.4, -0.2) is 23.8 Å². The topological polar surface area (TPSA) is 84.1 Å². The van der Waals surface area contributed by atoms with Crippen molar-refractivity contribution in [1.82, 2.24) is 5.43 Å². The smallest absolute Gasteiger partial charge is 0.274 e. The molecule has 1 heterocycles. The van der Waals surface area contributed by atoms with Gasteiger partial charge in [-0.1, -0.05) is 6.07 Å². The molecule has 0 aliphatic rings. The minimum Gasteiger partial charge on any atom is -0.504 e. The number of hydrogen-bond acceptors (Lipinski definition) is 5. The lowest BCUT2D eigenvalue weighted by Crippen LogP contribution is -2.17. The van der Waals surface area contributed by atoms with Crippen LogP contribution in [0.2, 0.25) is 0 Å². The van der Waals surface area contributed by atoms with Crippen molar-refractivity contribution < 1.29 is 19.1 Å². The Morgan fingerprint density at radius 3 is 2.86 bits per heavy atom. The van der Waals surface area contributed by atoms with E-state index in [1.165, 1.54) is 6.21 Å². The van der Waals surface area contributed by atoms with Crippen molar-refractivity contribution in [3.05, 3.63) is 46.9 Å². The van der Waals surface area contributed by atoms with E-state index in [0.717, 1.165) is 0 Å². The summed E-state index contributed by atoms with van der Waals surface area (Å²) in [6.07, 6.45) is 1.36. The number of aryl methyl sites for hydroxylation is 2. The molecule has 0 atom stereocenters. The number of amides is 1. The summed E-state index contributed by atoms with van der Waals surface area (Å²) in [6, 6.07) is 6.71. The summed E-state index contributed by atoms with van der Waals surface area (Å²) in [4.78, 5) is 12.0. The zero-order valence-corrected chi connectivity index (χ0v) is 12.7. The van der Waals surface area contributed by atoms with Gasteiger partial charge in [0.05, 0.1) is 18.4 Å². The summed E-state index contributed by atoms with van der Waals surface area (Å²) in [7, 11) is 0. The Balaban J connectivity index is 2.08. The number of hydrogen-bond donors (Lipinski definition) is 2. The van der Waals surface area contributed by atoms with Crippen molar-refractivity contribution in [3.63, 3.8) is 0 Å². The van der Waals surface area contributed by atoms with Gasteiger partial charge in [-0.15, -0.1) is 0 Å². The highest BCUT2D eigenvalue weighted by Gasteiger charge is 2.12. The first-order valence-electron chi connectivity index (χ1n) is 6.88. The highest BCUT2D eigenvalue weighted by Crippen LogP contribution is 2.28. The number of carbonyl (C=O) groups is 1. The lowest BCUT2D eigenvalue weighted by atomic mass is 10.2. The predicted octanol–water partition coefficient (Wildman–Crippen LogP) is 2.76. The number of rotatable bonds is 5. The number of phenols is 1. The Labute approximate surface area is 128 Å². The van der Waals surface area contributed by atoms with Gasteiger partial charge in [0.2, 0.25) is 0 Å². The number of ether oxygens (including phenoxy) is 1. The van der Waals surface area contributed by atoms with Gasteiger partial charge in [-0.2, -0.15) is 5.10 Å². The maximum absolute atomic E-state index is 12.0. The molecule has 0 fully saturated rings. The number of nitrogens with one attached hydrogen (secondary N) is 1. The molecule has 0 aliphatic carbocycles. The third-order valence-corrected chi connectivity index (χ3v) is 2.99. The molecule has 2 rings (SSSR count). The van der Waals surface area contributed by atoms with E-state index >= 15 is 0 Å². The fraction of sp³-hybridized carbons (Fsp3) is 0.250. The van der Waals surface area contributed by atoms with Crippen molar-refractivity contribution in [2.45, 2.75) is 20.8 Å². The molecule has 0 spiro atoms. The van der Waals surface area contributed by atoms with Gasteiger partial charge in [-0.05, 0) is 39.0 Å². The SMILES string of the molecule is CCOc1cccc(/C=N/NC(=O)c2cc(C)oc2C)c1O. The van der Waals surface area contributed by atoms with Crippen LogP contribution in [0.5, 0.6) is 11.5 Å². The first-order chi connectivity index (χ1) is 10.5. The van der Waals surface area contributed by atoms with E-state index in [1.807, 2.05) is 6.92 Å². The van der Waals surface area contributed by atoms with E-state index in [2.05, 4.69) is 10.5 Å². The number of furan rings is 1. The molecular formula is C16H18N2O4. The maximum Gasteiger partial charge on any atom is 0.274 e. The molecule has 0 bridgehead atoms. The Bertz CT molecular complexity index is 704. The molecule has 0 saturated carbocycles. The second-order valence-electron chi connectivity index (χ2n) is 4.65. The van der Waals surface area contributed by atoms with E-state index in [-0.39, 0.29) is 11.7 Å². The largest absolute Gasteiger partial charge is 0.504 e. The molecule has 116 valence electrons. The van der Waals surface area contributed by atoms with E-state index in [4.69, 9.17) is 9.15 Å².